The summed E-state index contributed by atoms with van der Waals surface area (Å²) in [7, 11) is 1.74. The van der Waals surface area contributed by atoms with Crippen molar-refractivity contribution in [2.45, 2.75) is 38.8 Å². The first kappa shape index (κ1) is 14.5. The third-order valence-corrected chi connectivity index (χ3v) is 3.09. The molecular weight excluding hydrogens is 234 g/mol. The zero-order chi connectivity index (χ0) is 12.7. The molecule has 0 amide bonds. The Hall–Kier alpha value is -0.570. The third-order valence-electron chi connectivity index (χ3n) is 2.84. The fraction of sp³-hybridized carbons (Fsp3) is 0.571. The Morgan fingerprint density at radius 3 is 2.47 bits per heavy atom. The molecule has 0 aliphatic heterocycles. The van der Waals surface area contributed by atoms with Crippen molar-refractivity contribution >= 4 is 11.6 Å². The van der Waals surface area contributed by atoms with Gasteiger partial charge in [-0.15, -0.1) is 0 Å². The molecule has 0 saturated heterocycles. The summed E-state index contributed by atoms with van der Waals surface area (Å²) in [6, 6.07) is 8.92. The van der Waals surface area contributed by atoms with Crippen LogP contribution in [0.2, 0.25) is 5.02 Å². The van der Waals surface area contributed by atoms with Crippen molar-refractivity contribution in [1.29, 1.82) is 0 Å². The summed E-state index contributed by atoms with van der Waals surface area (Å²) in [5, 5.41) is 4.36. The van der Waals surface area contributed by atoms with Crippen LogP contribution in [0, 0.1) is 0 Å². The van der Waals surface area contributed by atoms with Gasteiger partial charge in [0, 0.05) is 24.2 Å². The van der Waals surface area contributed by atoms with Crippen LogP contribution in [-0.2, 0) is 11.2 Å². The SMILES string of the molecule is CCC(COC)NC(C)Cc1ccc(Cl)cc1. The van der Waals surface area contributed by atoms with Crippen LogP contribution in [-0.4, -0.2) is 25.8 Å². The highest BCUT2D eigenvalue weighted by Crippen LogP contribution is 2.11. The van der Waals surface area contributed by atoms with Crippen molar-refractivity contribution in [3.8, 4) is 0 Å². The van der Waals surface area contributed by atoms with E-state index in [1.54, 1.807) is 7.11 Å². The van der Waals surface area contributed by atoms with Gasteiger partial charge in [-0.05, 0) is 37.5 Å². The van der Waals surface area contributed by atoms with Crippen molar-refractivity contribution < 1.29 is 4.74 Å². The highest BCUT2D eigenvalue weighted by Gasteiger charge is 2.10. The Balaban J connectivity index is 2.42. The Labute approximate surface area is 109 Å². The van der Waals surface area contributed by atoms with Crippen molar-refractivity contribution in [2.75, 3.05) is 13.7 Å². The first-order valence-corrected chi connectivity index (χ1v) is 6.53. The number of benzene rings is 1. The second-order valence-electron chi connectivity index (χ2n) is 4.46. The van der Waals surface area contributed by atoms with Crippen LogP contribution in [0.15, 0.2) is 24.3 Å². The van der Waals surface area contributed by atoms with E-state index < -0.39 is 0 Å². The molecule has 17 heavy (non-hydrogen) atoms. The molecule has 0 aromatic heterocycles. The lowest BCUT2D eigenvalue weighted by Crippen LogP contribution is -2.40. The molecule has 96 valence electrons. The van der Waals surface area contributed by atoms with Gasteiger partial charge in [-0.25, -0.2) is 0 Å². The minimum absolute atomic E-state index is 0.433. The van der Waals surface area contributed by atoms with Gasteiger partial charge in [0.2, 0.25) is 0 Å². The molecule has 1 N–H and O–H groups in total. The molecule has 2 unspecified atom stereocenters. The summed E-state index contributed by atoms with van der Waals surface area (Å²) in [5.74, 6) is 0. The van der Waals surface area contributed by atoms with Gasteiger partial charge in [-0.2, -0.15) is 0 Å². The molecule has 1 aromatic rings. The fourth-order valence-electron chi connectivity index (χ4n) is 1.92. The summed E-state index contributed by atoms with van der Waals surface area (Å²) >= 11 is 5.86. The van der Waals surface area contributed by atoms with Crippen LogP contribution in [0.3, 0.4) is 0 Å². The number of hydrogen-bond acceptors (Lipinski definition) is 2. The molecule has 0 saturated carbocycles. The van der Waals surface area contributed by atoms with E-state index >= 15 is 0 Å². The van der Waals surface area contributed by atoms with Gasteiger partial charge >= 0.3 is 0 Å². The second-order valence-corrected chi connectivity index (χ2v) is 4.90. The fourth-order valence-corrected chi connectivity index (χ4v) is 2.05. The van der Waals surface area contributed by atoms with E-state index in [0.717, 1.165) is 24.5 Å². The van der Waals surface area contributed by atoms with Crippen molar-refractivity contribution in [3.63, 3.8) is 0 Å². The zero-order valence-corrected chi connectivity index (χ0v) is 11.6. The minimum Gasteiger partial charge on any atom is -0.383 e. The van der Waals surface area contributed by atoms with E-state index in [1.807, 2.05) is 12.1 Å². The number of methoxy groups -OCH3 is 1. The van der Waals surface area contributed by atoms with E-state index in [1.165, 1.54) is 5.56 Å². The maximum absolute atomic E-state index is 5.86. The first-order valence-electron chi connectivity index (χ1n) is 6.15. The van der Waals surface area contributed by atoms with Crippen molar-refractivity contribution in [1.82, 2.24) is 5.32 Å². The third kappa shape index (κ3) is 5.53. The number of ether oxygens (including phenoxy) is 1. The van der Waals surface area contributed by atoms with Gasteiger partial charge in [0.1, 0.15) is 0 Å². The van der Waals surface area contributed by atoms with Crippen LogP contribution in [0.1, 0.15) is 25.8 Å². The summed E-state index contributed by atoms with van der Waals surface area (Å²) in [5.41, 5.74) is 1.31. The summed E-state index contributed by atoms with van der Waals surface area (Å²) in [6.45, 7) is 5.14. The summed E-state index contributed by atoms with van der Waals surface area (Å²) in [6.07, 6.45) is 2.09. The molecule has 0 heterocycles. The lowest BCUT2D eigenvalue weighted by atomic mass is 10.1. The Kier molecular flexibility index (Phi) is 6.56. The molecule has 0 fully saturated rings. The lowest BCUT2D eigenvalue weighted by Gasteiger charge is -2.21. The molecule has 0 spiro atoms. The van der Waals surface area contributed by atoms with Crippen molar-refractivity contribution in [2.24, 2.45) is 0 Å². The predicted molar refractivity (Wildman–Crippen MR) is 73.7 cm³/mol. The predicted octanol–water partition coefficient (Wildman–Crippen LogP) is 3.29. The first-order chi connectivity index (χ1) is 8.15. The molecule has 0 radical (unpaired) electrons. The Bertz CT molecular complexity index is 313. The lowest BCUT2D eigenvalue weighted by molar-refractivity contribution is 0.159. The molecule has 0 aliphatic carbocycles. The van der Waals surface area contributed by atoms with Gasteiger partial charge in [0.15, 0.2) is 0 Å². The maximum atomic E-state index is 5.86. The Morgan fingerprint density at radius 1 is 1.29 bits per heavy atom. The molecule has 0 bridgehead atoms. The van der Waals surface area contributed by atoms with Crippen LogP contribution >= 0.6 is 11.6 Å². The highest BCUT2D eigenvalue weighted by atomic mass is 35.5. The van der Waals surface area contributed by atoms with Gasteiger partial charge in [0.05, 0.1) is 6.61 Å². The Morgan fingerprint density at radius 2 is 1.94 bits per heavy atom. The molecule has 1 aromatic carbocycles. The number of halogens is 1. The average Bonchev–Trinajstić information content (AvgIpc) is 2.31. The maximum Gasteiger partial charge on any atom is 0.0615 e. The largest absolute Gasteiger partial charge is 0.383 e. The summed E-state index contributed by atoms with van der Waals surface area (Å²) in [4.78, 5) is 0. The van der Waals surface area contributed by atoms with Crippen molar-refractivity contribution in [3.05, 3.63) is 34.9 Å². The van der Waals surface area contributed by atoms with Crippen LogP contribution in [0.5, 0.6) is 0 Å². The van der Waals surface area contributed by atoms with Crippen LogP contribution in [0.4, 0.5) is 0 Å². The quantitative estimate of drug-likeness (QED) is 0.807. The van der Waals surface area contributed by atoms with E-state index in [-0.39, 0.29) is 0 Å². The second kappa shape index (κ2) is 7.70. The number of nitrogens with one attached hydrogen (secondary N) is 1. The van der Waals surface area contributed by atoms with Gasteiger partial charge < -0.3 is 10.1 Å². The monoisotopic (exact) mass is 255 g/mol. The van der Waals surface area contributed by atoms with E-state index in [0.29, 0.717) is 12.1 Å². The molecule has 2 nitrogen and oxygen atoms in total. The number of rotatable bonds is 7. The smallest absolute Gasteiger partial charge is 0.0615 e. The standard InChI is InChI=1S/C14H22ClNO/c1-4-14(10-17-3)16-11(2)9-12-5-7-13(15)8-6-12/h5-8,11,14,16H,4,9-10H2,1-3H3. The number of hydrogen-bond donors (Lipinski definition) is 1. The molecule has 3 heteroatoms. The molecule has 2 atom stereocenters. The molecule has 0 aliphatic rings. The van der Waals surface area contributed by atoms with Crippen LogP contribution < -0.4 is 5.32 Å². The molecular formula is C14H22ClNO. The topological polar surface area (TPSA) is 21.3 Å². The van der Waals surface area contributed by atoms with Gasteiger partial charge in [-0.1, -0.05) is 30.7 Å². The van der Waals surface area contributed by atoms with Crippen LogP contribution in [0.25, 0.3) is 0 Å². The van der Waals surface area contributed by atoms with E-state index in [4.69, 9.17) is 16.3 Å². The average molecular weight is 256 g/mol. The summed E-state index contributed by atoms with van der Waals surface area (Å²) < 4.78 is 5.18. The van der Waals surface area contributed by atoms with E-state index in [2.05, 4.69) is 31.3 Å². The van der Waals surface area contributed by atoms with Gasteiger partial charge in [-0.3, -0.25) is 0 Å². The highest BCUT2D eigenvalue weighted by molar-refractivity contribution is 6.30. The normalized spacial score (nSPS) is 14.6. The minimum atomic E-state index is 0.433. The molecule has 1 rings (SSSR count). The van der Waals surface area contributed by atoms with E-state index in [9.17, 15) is 0 Å². The van der Waals surface area contributed by atoms with Gasteiger partial charge in [0.25, 0.3) is 0 Å². The zero-order valence-electron chi connectivity index (χ0n) is 10.9.